The third kappa shape index (κ3) is 3.78. The van der Waals surface area contributed by atoms with Crippen LogP contribution in [0.4, 0.5) is 5.69 Å². The lowest BCUT2D eigenvalue weighted by Crippen LogP contribution is -2.40. The van der Waals surface area contributed by atoms with E-state index in [1.165, 1.54) is 17.1 Å². The van der Waals surface area contributed by atoms with Gasteiger partial charge >= 0.3 is 5.97 Å². The van der Waals surface area contributed by atoms with Crippen LogP contribution in [0.15, 0.2) is 12.4 Å². The summed E-state index contributed by atoms with van der Waals surface area (Å²) in [7, 11) is 0. The largest absolute Gasteiger partial charge is 0.480 e. The van der Waals surface area contributed by atoms with Crippen LogP contribution in [0.2, 0.25) is 0 Å². The van der Waals surface area contributed by atoms with E-state index < -0.39 is 5.97 Å². The number of nitrogens with zero attached hydrogens (tertiary/aromatic N) is 2. The molecule has 1 heterocycles. The van der Waals surface area contributed by atoms with Gasteiger partial charge in [0.15, 0.2) is 0 Å². The lowest BCUT2D eigenvalue weighted by molar-refractivity contribution is -0.137. The first-order valence-corrected chi connectivity index (χ1v) is 6.30. The van der Waals surface area contributed by atoms with Crippen molar-refractivity contribution in [2.45, 2.75) is 44.2 Å². The number of aliphatic carboxylic acids is 1. The van der Waals surface area contributed by atoms with Gasteiger partial charge in [-0.3, -0.25) is 14.3 Å². The highest BCUT2D eigenvalue weighted by atomic mass is 16.4. The Bertz CT molecular complexity index is 477. The minimum atomic E-state index is -0.979. The number of anilines is 1. The molecule has 0 radical (unpaired) electrons. The van der Waals surface area contributed by atoms with E-state index in [1.807, 2.05) is 0 Å². The van der Waals surface area contributed by atoms with E-state index in [0.717, 1.165) is 25.7 Å². The Hall–Kier alpha value is -1.89. The Morgan fingerprint density at radius 2 is 2.16 bits per heavy atom. The molecule has 0 spiro atoms. The highest BCUT2D eigenvalue weighted by Gasteiger charge is 2.31. The van der Waals surface area contributed by atoms with Crippen LogP contribution in [0.3, 0.4) is 0 Å². The summed E-state index contributed by atoms with van der Waals surface area (Å²) in [6.07, 6.45) is 7.09. The molecule has 19 heavy (non-hydrogen) atoms. The lowest BCUT2D eigenvalue weighted by atomic mass is 9.94. The number of rotatable bonds is 5. The van der Waals surface area contributed by atoms with Gasteiger partial charge in [-0.05, 0) is 12.8 Å². The third-order valence-corrected chi connectivity index (χ3v) is 3.33. The van der Waals surface area contributed by atoms with Crippen molar-refractivity contribution in [1.82, 2.24) is 9.78 Å². The van der Waals surface area contributed by atoms with Gasteiger partial charge in [-0.2, -0.15) is 5.10 Å². The Morgan fingerprint density at radius 1 is 1.47 bits per heavy atom. The molecule has 1 aliphatic carbocycles. The monoisotopic (exact) mass is 266 g/mol. The Balaban J connectivity index is 1.88. The number of carbonyl (C=O) groups is 2. The van der Waals surface area contributed by atoms with E-state index in [1.54, 1.807) is 0 Å². The van der Waals surface area contributed by atoms with Gasteiger partial charge in [-0.15, -0.1) is 0 Å². The third-order valence-electron chi connectivity index (χ3n) is 3.33. The molecule has 0 unspecified atom stereocenters. The first-order valence-electron chi connectivity index (χ1n) is 6.30. The molecule has 1 aliphatic rings. The summed E-state index contributed by atoms with van der Waals surface area (Å²) >= 11 is 0. The molecule has 0 atom stereocenters. The molecule has 1 fully saturated rings. The topological polar surface area (TPSA) is 110 Å². The Morgan fingerprint density at radius 3 is 2.79 bits per heavy atom. The van der Waals surface area contributed by atoms with Crippen LogP contribution in [0, 0.1) is 0 Å². The van der Waals surface area contributed by atoms with Crippen LogP contribution in [-0.2, 0) is 16.1 Å². The summed E-state index contributed by atoms with van der Waals surface area (Å²) in [5.41, 5.74) is 6.23. The summed E-state index contributed by atoms with van der Waals surface area (Å²) in [5, 5.41) is 15.2. The Kier molecular flexibility index (Phi) is 3.84. The smallest absolute Gasteiger partial charge is 0.325 e. The number of amides is 1. The van der Waals surface area contributed by atoms with Gasteiger partial charge in [-0.1, -0.05) is 12.8 Å². The number of hydrogen-bond acceptors (Lipinski definition) is 4. The predicted molar refractivity (Wildman–Crippen MR) is 68.5 cm³/mol. The molecule has 1 amide bonds. The van der Waals surface area contributed by atoms with Crippen LogP contribution in [-0.4, -0.2) is 32.3 Å². The SMILES string of the molecule is NC1(CC(=O)Nc2cnn(CC(=O)O)c2)CCCC1. The van der Waals surface area contributed by atoms with Crippen molar-refractivity contribution in [3.63, 3.8) is 0 Å². The van der Waals surface area contributed by atoms with Crippen LogP contribution in [0.25, 0.3) is 0 Å². The zero-order chi connectivity index (χ0) is 13.9. The van der Waals surface area contributed by atoms with Crippen molar-refractivity contribution in [2.24, 2.45) is 5.73 Å². The highest BCUT2D eigenvalue weighted by Crippen LogP contribution is 2.30. The van der Waals surface area contributed by atoms with Gasteiger partial charge in [0.25, 0.3) is 0 Å². The summed E-state index contributed by atoms with van der Waals surface area (Å²) in [6, 6.07) is 0. The highest BCUT2D eigenvalue weighted by molar-refractivity contribution is 5.91. The summed E-state index contributed by atoms with van der Waals surface area (Å²) in [4.78, 5) is 22.4. The maximum absolute atomic E-state index is 11.9. The van der Waals surface area contributed by atoms with Gasteiger partial charge in [0.2, 0.25) is 5.91 Å². The fourth-order valence-corrected chi connectivity index (χ4v) is 2.43. The van der Waals surface area contributed by atoms with Gasteiger partial charge < -0.3 is 16.2 Å². The molecular weight excluding hydrogens is 248 g/mol. The van der Waals surface area contributed by atoms with E-state index >= 15 is 0 Å². The maximum atomic E-state index is 11.9. The van der Waals surface area contributed by atoms with E-state index in [2.05, 4.69) is 10.4 Å². The van der Waals surface area contributed by atoms with Crippen molar-refractivity contribution in [3.05, 3.63) is 12.4 Å². The second kappa shape index (κ2) is 5.40. The van der Waals surface area contributed by atoms with Gasteiger partial charge in [0.05, 0.1) is 11.9 Å². The zero-order valence-corrected chi connectivity index (χ0v) is 10.6. The van der Waals surface area contributed by atoms with Crippen molar-refractivity contribution in [2.75, 3.05) is 5.32 Å². The molecule has 0 saturated heterocycles. The molecule has 1 aromatic rings. The molecule has 104 valence electrons. The van der Waals surface area contributed by atoms with E-state index in [-0.39, 0.29) is 24.4 Å². The molecule has 4 N–H and O–H groups in total. The number of nitrogens with one attached hydrogen (secondary N) is 1. The standard InChI is InChI=1S/C12H18N4O3/c13-12(3-1-2-4-12)5-10(17)15-9-6-14-16(7-9)8-11(18)19/h6-7H,1-5,8,13H2,(H,15,17)(H,18,19). The van der Waals surface area contributed by atoms with Gasteiger partial charge in [-0.25, -0.2) is 0 Å². The molecule has 7 heteroatoms. The van der Waals surface area contributed by atoms with Crippen molar-refractivity contribution < 1.29 is 14.7 Å². The maximum Gasteiger partial charge on any atom is 0.325 e. The zero-order valence-electron chi connectivity index (χ0n) is 10.6. The minimum absolute atomic E-state index is 0.153. The summed E-state index contributed by atoms with van der Waals surface area (Å²) < 4.78 is 1.26. The number of carbonyl (C=O) groups excluding carboxylic acids is 1. The Labute approximate surface area is 110 Å². The number of carboxylic acid groups (broad SMARTS) is 1. The first kappa shape index (κ1) is 13.5. The number of hydrogen-bond donors (Lipinski definition) is 3. The summed E-state index contributed by atoms with van der Waals surface area (Å²) in [6.45, 7) is -0.225. The number of aromatic nitrogens is 2. The van der Waals surface area contributed by atoms with Crippen LogP contribution in [0.1, 0.15) is 32.1 Å². The molecule has 1 aromatic heterocycles. The van der Waals surface area contributed by atoms with Gasteiger partial charge in [0.1, 0.15) is 6.54 Å². The first-order chi connectivity index (χ1) is 8.97. The minimum Gasteiger partial charge on any atom is -0.480 e. The van der Waals surface area contributed by atoms with E-state index in [9.17, 15) is 9.59 Å². The van der Waals surface area contributed by atoms with E-state index in [0.29, 0.717) is 5.69 Å². The van der Waals surface area contributed by atoms with Crippen LogP contribution in [0.5, 0.6) is 0 Å². The quantitative estimate of drug-likeness (QED) is 0.721. The summed E-state index contributed by atoms with van der Waals surface area (Å²) in [5.74, 6) is -1.13. The molecule has 1 saturated carbocycles. The lowest BCUT2D eigenvalue weighted by Gasteiger charge is -2.22. The molecule has 0 bridgehead atoms. The molecule has 0 aliphatic heterocycles. The normalized spacial score (nSPS) is 17.3. The molecule has 2 rings (SSSR count). The molecular formula is C12H18N4O3. The second-order valence-corrected chi connectivity index (χ2v) is 5.11. The second-order valence-electron chi connectivity index (χ2n) is 5.11. The molecule has 0 aromatic carbocycles. The van der Waals surface area contributed by atoms with Gasteiger partial charge in [0, 0.05) is 18.2 Å². The van der Waals surface area contributed by atoms with Crippen molar-refractivity contribution in [1.29, 1.82) is 0 Å². The average molecular weight is 266 g/mol. The van der Waals surface area contributed by atoms with Crippen molar-refractivity contribution >= 4 is 17.6 Å². The fourth-order valence-electron chi connectivity index (χ4n) is 2.43. The van der Waals surface area contributed by atoms with E-state index in [4.69, 9.17) is 10.8 Å². The van der Waals surface area contributed by atoms with Crippen molar-refractivity contribution in [3.8, 4) is 0 Å². The molecule has 7 nitrogen and oxygen atoms in total. The fraction of sp³-hybridized carbons (Fsp3) is 0.583. The van der Waals surface area contributed by atoms with Crippen LogP contribution >= 0.6 is 0 Å². The van der Waals surface area contributed by atoms with Crippen LogP contribution < -0.4 is 11.1 Å². The number of nitrogens with two attached hydrogens (primary N) is 1. The predicted octanol–water partition coefficient (Wildman–Crippen LogP) is 0.568. The average Bonchev–Trinajstić information content (AvgIpc) is 2.87. The number of carboxylic acids is 1.